The molecule has 0 unspecified atom stereocenters. The second-order valence-electron chi connectivity index (χ2n) is 8.04. The molecule has 27 heavy (non-hydrogen) atoms. The highest BCUT2D eigenvalue weighted by molar-refractivity contribution is 5.94. The lowest BCUT2D eigenvalue weighted by Gasteiger charge is -2.29. The Morgan fingerprint density at radius 1 is 1.26 bits per heavy atom. The molecule has 1 aliphatic rings. The van der Waals surface area contributed by atoms with Crippen LogP contribution >= 0.6 is 0 Å². The van der Waals surface area contributed by atoms with Crippen LogP contribution in [0, 0.1) is 5.41 Å². The van der Waals surface area contributed by atoms with Gasteiger partial charge in [0.25, 0.3) is 0 Å². The molecule has 0 spiro atoms. The van der Waals surface area contributed by atoms with Gasteiger partial charge in [-0.05, 0) is 29.7 Å². The van der Waals surface area contributed by atoms with Crippen molar-refractivity contribution < 1.29 is 4.79 Å². The number of rotatable bonds is 5. The zero-order valence-electron chi connectivity index (χ0n) is 16.2. The molecule has 1 saturated heterocycles. The number of piperazine rings is 1. The molecule has 1 aliphatic heterocycles. The third-order valence-corrected chi connectivity index (χ3v) is 4.39. The van der Waals surface area contributed by atoms with Gasteiger partial charge in [-0.25, -0.2) is 9.97 Å². The minimum atomic E-state index is -0.449. The van der Waals surface area contributed by atoms with Gasteiger partial charge in [0.05, 0.1) is 5.69 Å². The van der Waals surface area contributed by atoms with Gasteiger partial charge in [-0.2, -0.15) is 0 Å². The number of carbonyl (C=O) groups excluding carboxylic acids is 1. The fraction of sp³-hybridized carbons (Fsp3) is 0.450. The van der Waals surface area contributed by atoms with Crippen molar-refractivity contribution >= 4 is 17.5 Å². The molecule has 1 fully saturated rings. The van der Waals surface area contributed by atoms with E-state index in [9.17, 15) is 4.79 Å². The Morgan fingerprint density at radius 2 is 2.00 bits per heavy atom. The molecule has 7 heteroatoms. The molecule has 2 aromatic rings. The molecule has 1 amide bonds. The zero-order chi connectivity index (χ0) is 19.4. The highest BCUT2D eigenvalue weighted by atomic mass is 16.1. The van der Waals surface area contributed by atoms with Gasteiger partial charge in [0.1, 0.15) is 11.6 Å². The summed E-state index contributed by atoms with van der Waals surface area (Å²) in [6, 6.07) is 7.38. The number of carbonyl (C=O) groups is 1. The van der Waals surface area contributed by atoms with Crippen LogP contribution in [0.25, 0.3) is 11.3 Å². The lowest BCUT2D eigenvalue weighted by atomic mass is 9.97. The third kappa shape index (κ3) is 5.17. The molecule has 0 aliphatic carbocycles. The number of hydrogen-bond acceptors (Lipinski definition) is 6. The van der Waals surface area contributed by atoms with Crippen molar-refractivity contribution in [3.05, 3.63) is 36.0 Å². The van der Waals surface area contributed by atoms with E-state index in [-0.39, 0.29) is 5.41 Å². The molecule has 0 aromatic carbocycles. The first-order valence-corrected chi connectivity index (χ1v) is 9.30. The maximum Gasteiger partial charge on any atom is 0.248 e. The van der Waals surface area contributed by atoms with Crippen LogP contribution in [0.4, 0.5) is 11.6 Å². The van der Waals surface area contributed by atoms with Crippen LogP contribution in [-0.2, 0) is 0 Å². The monoisotopic (exact) mass is 368 g/mol. The molecule has 144 valence electrons. The highest BCUT2D eigenvalue weighted by Crippen LogP contribution is 2.25. The van der Waals surface area contributed by atoms with E-state index in [4.69, 9.17) is 10.7 Å². The fourth-order valence-electron chi connectivity index (χ4n) is 2.90. The van der Waals surface area contributed by atoms with Gasteiger partial charge in [-0.1, -0.05) is 20.8 Å². The first kappa shape index (κ1) is 19.1. The molecule has 0 saturated carbocycles. The number of nitrogens with two attached hydrogens (primary N) is 1. The summed E-state index contributed by atoms with van der Waals surface area (Å²) in [5.41, 5.74) is 7.81. The van der Waals surface area contributed by atoms with Crippen molar-refractivity contribution in [3.63, 3.8) is 0 Å². The zero-order valence-corrected chi connectivity index (χ0v) is 16.2. The van der Waals surface area contributed by atoms with Gasteiger partial charge in [0, 0.05) is 50.0 Å². The summed E-state index contributed by atoms with van der Waals surface area (Å²) in [4.78, 5) is 23.2. The standard InChI is InChI=1S/C20H28N6O/c1-20(2,3)13-24-17-11-14(4-5-23-17)16-10-15(19(21)27)12-18(25-16)26-8-6-22-7-9-26/h4-5,10-12,22H,6-9,13H2,1-3H3,(H2,21,27)(H,23,24). The summed E-state index contributed by atoms with van der Waals surface area (Å²) in [6.45, 7) is 10.8. The summed E-state index contributed by atoms with van der Waals surface area (Å²) < 4.78 is 0. The van der Waals surface area contributed by atoms with Gasteiger partial charge >= 0.3 is 0 Å². The quantitative estimate of drug-likeness (QED) is 0.748. The largest absolute Gasteiger partial charge is 0.370 e. The molecule has 4 N–H and O–H groups in total. The van der Waals surface area contributed by atoms with Crippen LogP contribution in [0.15, 0.2) is 30.5 Å². The molecular weight excluding hydrogens is 340 g/mol. The Kier molecular flexibility index (Phi) is 5.60. The predicted octanol–water partition coefficient (Wildman–Crippen LogP) is 2.11. The average Bonchev–Trinajstić information content (AvgIpc) is 2.66. The summed E-state index contributed by atoms with van der Waals surface area (Å²) in [7, 11) is 0. The predicted molar refractivity (Wildman–Crippen MR) is 109 cm³/mol. The van der Waals surface area contributed by atoms with Crippen molar-refractivity contribution in [3.8, 4) is 11.3 Å². The Morgan fingerprint density at radius 3 is 2.67 bits per heavy atom. The van der Waals surface area contributed by atoms with Crippen molar-refractivity contribution in [1.82, 2.24) is 15.3 Å². The van der Waals surface area contributed by atoms with Gasteiger partial charge < -0.3 is 21.3 Å². The molecule has 3 heterocycles. The molecule has 3 rings (SSSR count). The maximum atomic E-state index is 11.8. The Balaban J connectivity index is 1.93. The number of hydrogen-bond donors (Lipinski definition) is 3. The van der Waals surface area contributed by atoms with E-state index in [1.807, 2.05) is 12.1 Å². The Labute approximate surface area is 160 Å². The number of amides is 1. The molecular formula is C20H28N6O. The number of aromatic nitrogens is 2. The fourth-order valence-corrected chi connectivity index (χ4v) is 2.90. The SMILES string of the molecule is CC(C)(C)CNc1cc(-c2cc(C(N)=O)cc(N3CCNCC3)n2)ccn1. The van der Waals surface area contributed by atoms with E-state index in [1.165, 1.54) is 0 Å². The minimum absolute atomic E-state index is 0.150. The number of primary amides is 1. The second-order valence-corrected chi connectivity index (χ2v) is 8.04. The van der Waals surface area contributed by atoms with Crippen LogP contribution in [-0.4, -0.2) is 48.6 Å². The van der Waals surface area contributed by atoms with E-state index in [1.54, 1.807) is 18.3 Å². The third-order valence-electron chi connectivity index (χ3n) is 4.39. The summed E-state index contributed by atoms with van der Waals surface area (Å²) in [6.07, 6.45) is 1.75. The lowest BCUT2D eigenvalue weighted by molar-refractivity contribution is 0.1000. The smallest absolute Gasteiger partial charge is 0.248 e. The summed E-state index contributed by atoms with van der Waals surface area (Å²) >= 11 is 0. The first-order chi connectivity index (χ1) is 12.8. The van der Waals surface area contributed by atoms with Crippen LogP contribution in [0.3, 0.4) is 0 Å². The van der Waals surface area contributed by atoms with E-state index < -0.39 is 5.91 Å². The van der Waals surface area contributed by atoms with Crippen LogP contribution in [0.1, 0.15) is 31.1 Å². The summed E-state index contributed by atoms with van der Waals surface area (Å²) in [5.74, 6) is 1.12. The molecule has 7 nitrogen and oxygen atoms in total. The molecule has 0 atom stereocenters. The average molecular weight is 368 g/mol. The number of pyridine rings is 2. The van der Waals surface area contributed by atoms with E-state index in [2.05, 4.69) is 41.3 Å². The number of nitrogens with zero attached hydrogens (tertiary/aromatic N) is 3. The van der Waals surface area contributed by atoms with E-state index >= 15 is 0 Å². The molecule has 2 aromatic heterocycles. The van der Waals surface area contributed by atoms with E-state index in [0.717, 1.165) is 55.6 Å². The van der Waals surface area contributed by atoms with Crippen molar-refractivity contribution in [2.24, 2.45) is 11.1 Å². The minimum Gasteiger partial charge on any atom is -0.370 e. The summed E-state index contributed by atoms with van der Waals surface area (Å²) in [5, 5.41) is 6.69. The second kappa shape index (κ2) is 7.92. The van der Waals surface area contributed by atoms with Crippen LogP contribution < -0.4 is 21.3 Å². The van der Waals surface area contributed by atoms with Gasteiger partial charge in [-0.15, -0.1) is 0 Å². The van der Waals surface area contributed by atoms with Crippen LogP contribution in [0.2, 0.25) is 0 Å². The number of nitrogens with one attached hydrogen (secondary N) is 2. The molecule has 0 radical (unpaired) electrons. The van der Waals surface area contributed by atoms with Crippen molar-refractivity contribution in [2.75, 3.05) is 42.9 Å². The van der Waals surface area contributed by atoms with Gasteiger partial charge in [0.2, 0.25) is 5.91 Å². The normalized spacial score (nSPS) is 14.9. The highest BCUT2D eigenvalue weighted by Gasteiger charge is 2.16. The van der Waals surface area contributed by atoms with Crippen LogP contribution in [0.5, 0.6) is 0 Å². The molecule has 0 bridgehead atoms. The lowest BCUT2D eigenvalue weighted by Crippen LogP contribution is -2.44. The first-order valence-electron chi connectivity index (χ1n) is 9.30. The van der Waals surface area contributed by atoms with Gasteiger partial charge in [-0.3, -0.25) is 4.79 Å². The number of anilines is 2. The van der Waals surface area contributed by atoms with Crippen molar-refractivity contribution in [1.29, 1.82) is 0 Å². The van der Waals surface area contributed by atoms with Crippen molar-refractivity contribution in [2.45, 2.75) is 20.8 Å². The van der Waals surface area contributed by atoms with E-state index in [0.29, 0.717) is 5.56 Å². The topological polar surface area (TPSA) is 96.2 Å². The maximum absolute atomic E-state index is 11.8. The van der Waals surface area contributed by atoms with Gasteiger partial charge in [0.15, 0.2) is 0 Å². The Bertz CT molecular complexity index is 808. The Hall–Kier alpha value is -2.67.